The van der Waals surface area contributed by atoms with Gasteiger partial charge in [-0.15, -0.1) is 0 Å². The Morgan fingerprint density at radius 1 is 1.36 bits per heavy atom. The van der Waals surface area contributed by atoms with Gasteiger partial charge in [-0.3, -0.25) is 9.69 Å². The molecular formula is C16H25N5O3S. The second-order valence-corrected chi connectivity index (χ2v) is 9.20. The zero-order chi connectivity index (χ0) is 18.0. The summed E-state index contributed by atoms with van der Waals surface area (Å²) in [7, 11) is -1.10. The van der Waals surface area contributed by atoms with Gasteiger partial charge in [-0.25, -0.2) is 18.4 Å². The molecule has 1 atom stereocenters. The van der Waals surface area contributed by atoms with Gasteiger partial charge in [0.15, 0.2) is 9.84 Å². The van der Waals surface area contributed by atoms with Crippen LogP contribution in [0.3, 0.4) is 0 Å². The molecule has 0 bridgehead atoms. The highest BCUT2D eigenvalue weighted by molar-refractivity contribution is 7.91. The van der Waals surface area contributed by atoms with Crippen molar-refractivity contribution in [3.8, 4) is 0 Å². The molecule has 0 spiro atoms. The fourth-order valence-corrected chi connectivity index (χ4v) is 5.41. The number of nitrogens with zero attached hydrogens (tertiary/aromatic N) is 4. The van der Waals surface area contributed by atoms with E-state index in [1.807, 2.05) is 22.9 Å². The van der Waals surface area contributed by atoms with E-state index in [2.05, 4.69) is 9.97 Å². The number of anilines is 1. The molecular weight excluding hydrogens is 342 g/mol. The number of hydrogen-bond acceptors (Lipinski definition) is 7. The molecule has 2 fully saturated rings. The molecule has 0 aromatic carbocycles. The Bertz CT molecular complexity index is 731. The number of likely N-dealkylation sites (N-methyl/N-ethyl adjacent to an activating group) is 1. The van der Waals surface area contributed by atoms with Crippen LogP contribution in [-0.4, -0.2) is 78.3 Å². The van der Waals surface area contributed by atoms with Crippen LogP contribution in [0.4, 0.5) is 5.95 Å². The topological polar surface area (TPSA) is 109 Å². The van der Waals surface area contributed by atoms with Crippen LogP contribution in [-0.2, 0) is 14.6 Å². The number of hydrogen-bond donors (Lipinski definition) is 1. The monoisotopic (exact) mass is 367 g/mol. The van der Waals surface area contributed by atoms with Crippen LogP contribution in [0.2, 0.25) is 0 Å². The molecule has 8 nitrogen and oxygen atoms in total. The molecule has 0 radical (unpaired) electrons. The molecule has 3 rings (SSSR count). The van der Waals surface area contributed by atoms with E-state index in [-0.39, 0.29) is 35.9 Å². The van der Waals surface area contributed by atoms with Crippen LogP contribution in [0, 0.1) is 0 Å². The number of nitrogens with two attached hydrogens (primary N) is 1. The van der Waals surface area contributed by atoms with E-state index >= 15 is 0 Å². The molecule has 0 saturated carbocycles. The van der Waals surface area contributed by atoms with Crippen LogP contribution in [0.25, 0.3) is 0 Å². The highest BCUT2D eigenvalue weighted by atomic mass is 32.2. The molecule has 1 amide bonds. The first-order valence-corrected chi connectivity index (χ1v) is 10.4. The number of carbonyl (C=O) groups is 1. The lowest BCUT2D eigenvalue weighted by molar-refractivity contribution is -0.133. The first kappa shape index (κ1) is 18.1. The normalized spacial score (nSPS) is 23.9. The first-order chi connectivity index (χ1) is 11.8. The fraction of sp³-hybridized carbons (Fsp3) is 0.688. The van der Waals surface area contributed by atoms with Crippen molar-refractivity contribution in [3.05, 3.63) is 18.0 Å². The molecule has 1 aromatic heterocycles. The number of amides is 1. The van der Waals surface area contributed by atoms with Crippen LogP contribution >= 0.6 is 0 Å². The second kappa shape index (κ2) is 7.25. The highest BCUT2D eigenvalue weighted by Crippen LogP contribution is 2.27. The van der Waals surface area contributed by atoms with Crippen LogP contribution in [0.1, 0.15) is 30.9 Å². The van der Waals surface area contributed by atoms with Crippen molar-refractivity contribution in [1.82, 2.24) is 19.8 Å². The lowest BCUT2D eigenvalue weighted by Gasteiger charge is -2.33. The van der Waals surface area contributed by atoms with Crippen molar-refractivity contribution in [2.75, 3.05) is 43.9 Å². The van der Waals surface area contributed by atoms with Gasteiger partial charge in [-0.05, 0) is 32.4 Å². The fourth-order valence-electron chi connectivity index (χ4n) is 3.61. The van der Waals surface area contributed by atoms with Gasteiger partial charge in [0.05, 0.1) is 18.1 Å². The number of piperidine rings is 1. The SMILES string of the molecule is CN(CC(=O)N1CCC(c2ccnc(N)n2)CC1)[C@H]1CCS(=O)(=O)C1. The smallest absolute Gasteiger partial charge is 0.236 e. The molecule has 0 aliphatic carbocycles. The number of sulfone groups is 1. The van der Waals surface area contributed by atoms with Gasteiger partial charge in [-0.1, -0.05) is 0 Å². The van der Waals surface area contributed by atoms with Crippen molar-refractivity contribution in [2.45, 2.75) is 31.2 Å². The van der Waals surface area contributed by atoms with E-state index in [4.69, 9.17) is 5.73 Å². The van der Waals surface area contributed by atoms with Gasteiger partial charge in [0.25, 0.3) is 0 Å². The van der Waals surface area contributed by atoms with E-state index < -0.39 is 9.84 Å². The quantitative estimate of drug-likeness (QED) is 0.790. The molecule has 3 heterocycles. The minimum absolute atomic E-state index is 0.0458. The Kier molecular flexibility index (Phi) is 5.24. The van der Waals surface area contributed by atoms with E-state index in [9.17, 15) is 13.2 Å². The highest BCUT2D eigenvalue weighted by Gasteiger charge is 2.32. The molecule has 2 aliphatic heterocycles. The molecule has 2 aliphatic rings. The Labute approximate surface area is 148 Å². The number of rotatable bonds is 4. The van der Waals surface area contributed by atoms with Gasteiger partial charge < -0.3 is 10.6 Å². The maximum absolute atomic E-state index is 12.5. The van der Waals surface area contributed by atoms with E-state index in [1.54, 1.807) is 6.20 Å². The largest absolute Gasteiger partial charge is 0.368 e. The van der Waals surface area contributed by atoms with Crippen molar-refractivity contribution in [3.63, 3.8) is 0 Å². The molecule has 1 aromatic rings. The zero-order valence-electron chi connectivity index (χ0n) is 14.5. The summed E-state index contributed by atoms with van der Waals surface area (Å²) < 4.78 is 23.2. The predicted octanol–water partition coefficient (Wildman–Crippen LogP) is -0.116. The summed E-state index contributed by atoms with van der Waals surface area (Å²) in [5.41, 5.74) is 6.58. The molecule has 9 heteroatoms. The number of aromatic nitrogens is 2. The summed E-state index contributed by atoms with van der Waals surface area (Å²) in [6.45, 7) is 1.64. The summed E-state index contributed by atoms with van der Waals surface area (Å²) in [6.07, 6.45) is 3.98. The lowest BCUT2D eigenvalue weighted by atomic mass is 9.93. The summed E-state index contributed by atoms with van der Waals surface area (Å²) in [4.78, 5) is 24.4. The lowest BCUT2D eigenvalue weighted by Crippen LogP contribution is -2.45. The molecule has 2 saturated heterocycles. The standard InChI is InChI=1S/C16H25N5O3S/c1-20(13-5-9-25(23,24)11-13)10-15(22)21-7-3-12(4-8-21)14-2-6-18-16(17)19-14/h2,6,12-13H,3-5,7-11H2,1H3,(H2,17,18,19)/t13-/m0/s1. The summed E-state index contributed by atoms with van der Waals surface area (Å²) in [5.74, 6) is 1.03. The van der Waals surface area contributed by atoms with Crippen LogP contribution in [0.15, 0.2) is 12.3 Å². The minimum Gasteiger partial charge on any atom is -0.368 e. The summed E-state index contributed by atoms with van der Waals surface area (Å²) in [6, 6.07) is 1.84. The molecule has 138 valence electrons. The maximum atomic E-state index is 12.5. The van der Waals surface area contributed by atoms with Gasteiger partial charge in [0.1, 0.15) is 0 Å². The van der Waals surface area contributed by atoms with Gasteiger partial charge in [0, 0.05) is 36.9 Å². The molecule has 0 unspecified atom stereocenters. The van der Waals surface area contributed by atoms with Crippen LogP contribution < -0.4 is 5.73 Å². The van der Waals surface area contributed by atoms with Crippen LogP contribution in [0.5, 0.6) is 0 Å². The summed E-state index contributed by atoms with van der Waals surface area (Å²) in [5, 5.41) is 0. The van der Waals surface area contributed by atoms with Crippen molar-refractivity contribution < 1.29 is 13.2 Å². The van der Waals surface area contributed by atoms with E-state index in [1.165, 1.54) is 0 Å². The number of likely N-dealkylation sites (tertiary alicyclic amines) is 1. The predicted molar refractivity (Wildman–Crippen MR) is 94.7 cm³/mol. The summed E-state index contributed by atoms with van der Waals surface area (Å²) >= 11 is 0. The average molecular weight is 367 g/mol. The van der Waals surface area contributed by atoms with E-state index in [0.29, 0.717) is 25.4 Å². The Morgan fingerprint density at radius 3 is 2.68 bits per heavy atom. The average Bonchev–Trinajstić information content (AvgIpc) is 2.95. The second-order valence-electron chi connectivity index (χ2n) is 6.97. The third-order valence-electron chi connectivity index (χ3n) is 5.18. The first-order valence-electron chi connectivity index (χ1n) is 8.61. The Morgan fingerprint density at radius 2 is 2.08 bits per heavy atom. The minimum atomic E-state index is -2.93. The zero-order valence-corrected chi connectivity index (χ0v) is 15.3. The third kappa shape index (κ3) is 4.46. The maximum Gasteiger partial charge on any atom is 0.236 e. The van der Waals surface area contributed by atoms with Gasteiger partial charge >= 0.3 is 0 Å². The number of carbonyl (C=O) groups excluding carboxylic acids is 1. The Balaban J connectivity index is 1.50. The number of nitrogen functional groups attached to an aromatic ring is 1. The third-order valence-corrected chi connectivity index (χ3v) is 6.93. The van der Waals surface area contributed by atoms with Gasteiger partial charge in [0.2, 0.25) is 11.9 Å². The van der Waals surface area contributed by atoms with Crippen molar-refractivity contribution in [1.29, 1.82) is 0 Å². The van der Waals surface area contributed by atoms with Crippen molar-refractivity contribution in [2.24, 2.45) is 0 Å². The van der Waals surface area contributed by atoms with E-state index in [0.717, 1.165) is 18.5 Å². The Hall–Kier alpha value is -1.74. The molecule has 2 N–H and O–H groups in total. The van der Waals surface area contributed by atoms with Crippen molar-refractivity contribution >= 4 is 21.7 Å². The van der Waals surface area contributed by atoms with Gasteiger partial charge in [-0.2, -0.15) is 0 Å². The molecule has 25 heavy (non-hydrogen) atoms.